The van der Waals surface area contributed by atoms with E-state index in [2.05, 4.69) is 18.7 Å². The minimum atomic E-state index is -0.347. The summed E-state index contributed by atoms with van der Waals surface area (Å²) in [6, 6.07) is 0. The van der Waals surface area contributed by atoms with E-state index < -0.39 is 0 Å². The van der Waals surface area contributed by atoms with Crippen molar-refractivity contribution in [2.24, 2.45) is 35.3 Å². The smallest absolute Gasteiger partial charge is 0.107 e. The Morgan fingerprint density at radius 1 is 0.972 bits per heavy atom. The van der Waals surface area contributed by atoms with Crippen molar-refractivity contribution in [2.45, 2.75) is 135 Å². The van der Waals surface area contributed by atoms with Crippen LogP contribution in [0.2, 0.25) is 0 Å². The van der Waals surface area contributed by atoms with Gasteiger partial charge in [-0.2, -0.15) is 0 Å². The summed E-state index contributed by atoms with van der Waals surface area (Å²) < 4.78 is 18.2. The van der Waals surface area contributed by atoms with E-state index in [1.165, 1.54) is 51.4 Å². The highest BCUT2D eigenvalue weighted by Crippen LogP contribution is 2.42. The van der Waals surface area contributed by atoms with Crippen LogP contribution in [0.4, 0.5) is 0 Å². The third kappa shape index (κ3) is 8.38. The molecule has 210 valence electrons. The summed E-state index contributed by atoms with van der Waals surface area (Å²) in [5, 5.41) is 11.1. The molecule has 0 spiro atoms. The molecule has 3 saturated carbocycles. The first-order valence-corrected chi connectivity index (χ1v) is 15.4. The van der Waals surface area contributed by atoms with E-state index in [9.17, 15) is 5.11 Å². The van der Waals surface area contributed by atoms with Crippen molar-refractivity contribution in [1.29, 1.82) is 0 Å². The normalized spacial score (nSPS) is 35.1. The van der Waals surface area contributed by atoms with Crippen molar-refractivity contribution in [3.05, 3.63) is 0 Å². The fraction of sp³-hybridized carbons (Fsp3) is 1.00. The molecule has 6 heteroatoms. The lowest BCUT2D eigenvalue weighted by atomic mass is 9.74. The molecule has 4 aliphatic rings. The molecule has 1 heterocycles. The van der Waals surface area contributed by atoms with E-state index in [1.807, 2.05) is 7.11 Å². The first-order chi connectivity index (χ1) is 17.5. The van der Waals surface area contributed by atoms with Crippen LogP contribution >= 0.6 is 0 Å². The number of aliphatic hydroxyl groups excluding tert-OH is 1. The summed E-state index contributed by atoms with van der Waals surface area (Å²) in [7, 11) is 1.84. The number of hydrogen-bond acceptors (Lipinski definition) is 6. The number of rotatable bonds is 14. The highest BCUT2D eigenvalue weighted by Gasteiger charge is 2.43. The molecular weight excluding hydrogens is 452 g/mol. The number of hydrogen-bond donors (Lipinski definition) is 2. The Morgan fingerprint density at radius 3 is 2.44 bits per heavy atom. The topological polar surface area (TPSA) is 77.2 Å². The Morgan fingerprint density at radius 2 is 1.75 bits per heavy atom. The van der Waals surface area contributed by atoms with Crippen molar-refractivity contribution in [1.82, 2.24) is 4.90 Å². The molecule has 0 aromatic carbocycles. The molecule has 0 radical (unpaired) electrons. The molecule has 0 bridgehead atoms. The van der Waals surface area contributed by atoms with Crippen LogP contribution in [-0.2, 0) is 14.2 Å². The molecule has 1 aliphatic heterocycles. The van der Waals surface area contributed by atoms with Gasteiger partial charge in [0.1, 0.15) is 12.5 Å². The fourth-order valence-corrected chi connectivity index (χ4v) is 7.34. The van der Waals surface area contributed by atoms with Crippen LogP contribution in [0.5, 0.6) is 0 Å². The summed E-state index contributed by atoms with van der Waals surface area (Å²) in [6.07, 6.45) is 16.8. The second kappa shape index (κ2) is 14.2. The monoisotopic (exact) mass is 508 g/mol. The highest BCUT2D eigenvalue weighted by molar-refractivity contribution is 4.93. The first kappa shape index (κ1) is 28.8. The van der Waals surface area contributed by atoms with Crippen LogP contribution in [0.15, 0.2) is 0 Å². The van der Waals surface area contributed by atoms with E-state index in [0.717, 1.165) is 58.2 Å². The van der Waals surface area contributed by atoms with Crippen LogP contribution in [0.25, 0.3) is 0 Å². The zero-order chi connectivity index (χ0) is 25.5. The predicted molar refractivity (Wildman–Crippen MR) is 144 cm³/mol. The maximum atomic E-state index is 11.1. The van der Waals surface area contributed by atoms with E-state index in [0.29, 0.717) is 35.7 Å². The first-order valence-electron chi connectivity index (χ1n) is 15.4. The number of ether oxygens (including phenoxy) is 3. The maximum Gasteiger partial charge on any atom is 0.107 e. The molecule has 0 aromatic rings. The van der Waals surface area contributed by atoms with Crippen LogP contribution in [0.1, 0.15) is 104 Å². The lowest BCUT2D eigenvalue weighted by Gasteiger charge is -2.39. The Hall–Kier alpha value is -0.240. The Balaban J connectivity index is 1.18. The molecule has 8 unspecified atom stereocenters. The average molecular weight is 509 g/mol. The van der Waals surface area contributed by atoms with Crippen molar-refractivity contribution >= 4 is 0 Å². The fourth-order valence-electron chi connectivity index (χ4n) is 7.34. The second-order valence-electron chi connectivity index (χ2n) is 12.8. The number of aliphatic hydroxyl groups is 1. The summed E-state index contributed by atoms with van der Waals surface area (Å²) in [5.41, 5.74) is 6.37. The molecule has 4 rings (SSSR count). The van der Waals surface area contributed by atoms with E-state index >= 15 is 0 Å². The van der Waals surface area contributed by atoms with Gasteiger partial charge in [-0.3, -0.25) is 4.90 Å². The van der Waals surface area contributed by atoms with Crippen molar-refractivity contribution in [3.8, 4) is 0 Å². The van der Waals surface area contributed by atoms with Crippen molar-refractivity contribution in [3.63, 3.8) is 0 Å². The molecule has 0 aromatic heterocycles. The van der Waals surface area contributed by atoms with Crippen LogP contribution < -0.4 is 5.73 Å². The SMILES string of the molecule is CCC(CCC(O)N1CC(C)C(C2CCC(OC)C(OC3CC3)C2)C1)CC(N)OCC1CCCCC1. The van der Waals surface area contributed by atoms with E-state index in [1.54, 1.807) is 0 Å². The van der Waals surface area contributed by atoms with Crippen molar-refractivity contribution in [2.75, 3.05) is 26.8 Å². The number of methoxy groups -OCH3 is 1. The van der Waals surface area contributed by atoms with Crippen molar-refractivity contribution < 1.29 is 19.3 Å². The van der Waals surface area contributed by atoms with Gasteiger partial charge in [-0.05, 0) is 93.8 Å². The standard InChI is InChI=1S/C30H56N2O4/c1-4-22(16-29(31)35-20-23-8-6-5-7-9-23)10-15-30(33)32-18-21(2)26(19-32)24-11-14-27(34-3)28(17-24)36-25-12-13-25/h21-30,33H,4-20,31H2,1-3H3. The Kier molecular flexibility index (Phi) is 11.4. The van der Waals surface area contributed by atoms with Crippen LogP contribution in [-0.4, -0.2) is 67.6 Å². The lowest BCUT2D eigenvalue weighted by molar-refractivity contribution is -0.101. The van der Waals surface area contributed by atoms with Gasteiger partial charge in [-0.1, -0.05) is 39.5 Å². The quantitative estimate of drug-likeness (QED) is 0.310. The van der Waals surface area contributed by atoms with Gasteiger partial charge in [-0.25, -0.2) is 0 Å². The molecule has 36 heavy (non-hydrogen) atoms. The average Bonchev–Trinajstić information content (AvgIpc) is 3.63. The Labute approximate surface area is 221 Å². The van der Waals surface area contributed by atoms with E-state index in [4.69, 9.17) is 19.9 Å². The summed E-state index contributed by atoms with van der Waals surface area (Å²) >= 11 is 0. The third-order valence-corrected chi connectivity index (χ3v) is 9.94. The molecule has 0 amide bonds. The maximum absolute atomic E-state index is 11.1. The number of nitrogens with two attached hydrogens (primary N) is 1. The van der Waals surface area contributed by atoms with Gasteiger partial charge in [-0.15, -0.1) is 0 Å². The van der Waals surface area contributed by atoms with Gasteiger partial charge in [0.05, 0.1) is 24.9 Å². The summed E-state index contributed by atoms with van der Waals surface area (Å²) in [4.78, 5) is 2.35. The molecule has 6 nitrogen and oxygen atoms in total. The van der Waals surface area contributed by atoms with Gasteiger partial charge in [0.15, 0.2) is 0 Å². The minimum absolute atomic E-state index is 0.168. The largest absolute Gasteiger partial charge is 0.379 e. The summed E-state index contributed by atoms with van der Waals surface area (Å²) in [6.45, 7) is 7.47. The van der Waals surface area contributed by atoms with Gasteiger partial charge < -0.3 is 25.1 Å². The lowest BCUT2D eigenvalue weighted by Crippen LogP contribution is -2.41. The number of likely N-dealkylation sites (tertiary alicyclic amines) is 1. The van der Waals surface area contributed by atoms with Gasteiger partial charge in [0.2, 0.25) is 0 Å². The molecule has 1 saturated heterocycles. The number of nitrogens with zero attached hydrogens (tertiary/aromatic N) is 1. The van der Waals surface area contributed by atoms with Gasteiger partial charge in [0.25, 0.3) is 0 Å². The zero-order valence-electron chi connectivity index (χ0n) is 23.5. The third-order valence-electron chi connectivity index (χ3n) is 9.94. The molecule has 3 N–H and O–H groups in total. The minimum Gasteiger partial charge on any atom is -0.379 e. The van der Waals surface area contributed by atoms with Crippen LogP contribution in [0, 0.1) is 29.6 Å². The second-order valence-corrected chi connectivity index (χ2v) is 12.8. The van der Waals surface area contributed by atoms with Crippen LogP contribution in [0.3, 0.4) is 0 Å². The predicted octanol–water partition coefficient (Wildman–Crippen LogP) is 5.31. The zero-order valence-corrected chi connectivity index (χ0v) is 23.5. The van der Waals surface area contributed by atoms with Gasteiger partial charge in [0, 0.05) is 20.2 Å². The molecule has 8 atom stereocenters. The van der Waals surface area contributed by atoms with Gasteiger partial charge >= 0.3 is 0 Å². The summed E-state index contributed by atoms with van der Waals surface area (Å²) in [5.74, 6) is 3.16. The molecule has 3 aliphatic carbocycles. The highest BCUT2D eigenvalue weighted by atomic mass is 16.5. The Bertz CT molecular complexity index is 626. The van der Waals surface area contributed by atoms with E-state index in [-0.39, 0.29) is 24.7 Å². The molecule has 4 fully saturated rings. The molecular formula is C30H56N2O4.